The van der Waals surface area contributed by atoms with Crippen molar-refractivity contribution in [3.05, 3.63) is 65.5 Å². The standard InChI is InChI=1S/C17H17FO2S/c18-15-8-10-16(11-9-15)21(19,20)12-14-6-3-5-13-4-1-2-7-17(13)14/h1-2,4,7-11,14H,3,5-6,12H2. The summed E-state index contributed by atoms with van der Waals surface area (Å²) in [6.07, 6.45) is 2.92. The zero-order valence-corrected chi connectivity index (χ0v) is 12.4. The van der Waals surface area contributed by atoms with Crippen molar-refractivity contribution in [2.45, 2.75) is 30.1 Å². The van der Waals surface area contributed by atoms with Gasteiger partial charge >= 0.3 is 0 Å². The molecule has 1 unspecified atom stereocenters. The Hall–Kier alpha value is -1.68. The molecule has 0 radical (unpaired) electrons. The number of halogens is 1. The number of aryl methyl sites for hydroxylation is 1. The molecule has 2 aromatic carbocycles. The highest BCUT2D eigenvalue weighted by Gasteiger charge is 2.26. The molecule has 0 aliphatic heterocycles. The molecule has 0 spiro atoms. The Morgan fingerprint density at radius 3 is 2.52 bits per heavy atom. The molecule has 0 N–H and O–H groups in total. The second-order valence-electron chi connectivity index (χ2n) is 5.52. The molecule has 1 atom stereocenters. The Balaban J connectivity index is 1.88. The van der Waals surface area contributed by atoms with Crippen LogP contribution in [0.4, 0.5) is 4.39 Å². The van der Waals surface area contributed by atoms with Crippen molar-refractivity contribution >= 4 is 9.84 Å². The lowest BCUT2D eigenvalue weighted by Gasteiger charge is -2.25. The number of rotatable bonds is 3. The molecule has 1 aliphatic rings. The van der Waals surface area contributed by atoms with Gasteiger partial charge in [0.05, 0.1) is 10.6 Å². The predicted octanol–water partition coefficient (Wildman–Crippen LogP) is 3.72. The summed E-state index contributed by atoms with van der Waals surface area (Å²) in [5.74, 6) is -0.294. The van der Waals surface area contributed by atoms with E-state index >= 15 is 0 Å². The van der Waals surface area contributed by atoms with Crippen molar-refractivity contribution in [1.82, 2.24) is 0 Å². The summed E-state index contributed by atoms with van der Waals surface area (Å²) < 4.78 is 37.9. The predicted molar refractivity (Wildman–Crippen MR) is 80.6 cm³/mol. The molecule has 0 bridgehead atoms. The molecule has 0 amide bonds. The van der Waals surface area contributed by atoms with E-state index in [1.165, 1.54) is 29.8 Å². The van der Waals surface area contributed by atoms with E-state index in [1.54, 1.807) is 0 Å². The van der Waals surface area contributed by atoms with Gasteiger partial charge in [0.15, 0.2) is 9.84 Å². The van der Waals surface area contributed by atoms with Gasteiger partial charge in [-0.25, -0.2) is 12.8 Å². The average Bonchev–Trinajstić information content (AvgIpc) is 2.48. The number of fused-ring (bicyclic) bond motifs is 1. The van der Waals surface area contributed by atoms with Crippen LogP contribution in [0.25, 0.3) is 0 Å². The molecule has 0 fully saturated rings. The zero-order chi connectivity index (χ0) is 14.9. The van der Waals surface area contributed by atoms with Gasteiger partial charge in [-0.05, 0) is 60.6 Å². The lowest BCUT2D eigenvalue weighted by Crippen LogP contribution is -2.19. The monoisotopic (exact) mass is 304 g/mol. The van der Waals surface area contributed by atoms with E-state index in [4.69, 9.17) is 0 Å². The van der Waals surface area contributed by atoms with E-state index in [0.717, 1.165) is 24.8 Å². The van der Waals surface area contributed by atoms with Crippen molar-refractivity contribution in [3.8, 4) is 0 Å². The van der Waals surface area contributed by atoms with Crippen molar-refractivity contribution in [2.75, 3.05) is 5.75 Å². The first-order chi connectivity index (χ1) is 10.1. The molecule has 110 valence electrons. The maximum Gasteiger partial charge on any atom is 0.178 e. The molecule has 0 heterocycles. The first kappa shape index (κ1) is 14.3. The van der Waals surface area contributed by atoms with Crippen LogP contribution in [-0.2, 0) is 16.3 Å². The van der Waals surface area contributed by atoms with Crippen LogP contribution in [0, 0.1) is 5.82 Å². The molecular formula is C17H17FO2S. The molecular weight excluding hydrogens is 287 g/mol. The summed E-state index contributed by atoms with van der Waals surface area (Å²) in [5, 5.41) is 0. The Bertz CT molecular complexity index is 736. The first-order valence-corrected chi connectivity index (χ1v) is 8.77. The third-order valence-corrected chi connectivity index (χ3v) is 5.92. The van der Waals surface area contributed by atoms with Gasteiger partial charge in [0, 0.05) is 0 Å². The number of sulfone groups is 1. The fourth-order valence-corrected chi connectivity index (χ4v) is 4.65. The largest absolute Gasteiger partial charge is 0.224 e. The van der Waals surface area contributed by atoms with Gasteiger partial charge in [-0.1, -0.05) is 24.3 Å². The van der Waals surface area contributed by atoms with Crippen LogP contribution in [-0.4, -0.2) is 14.2 Å². The molecule has 21 heavy (non-hydrogen) atoms. The summed E-state index contributed by atoms with van der Waals surface area (Å²) in [4.78, 5) is 0.201. The van der Waals surface area contributed by atoms with Gasteiger partial charge in [-0.15, -0.1) is 0 Å². The third-order valence-electron chi connectivity index (χ3n) is 4.09. The second kappa shape index (κ2) is 5.60. The van der Waals surface area contributed by atoms with Gasteiger partial charge in [-0.2, -0.15) is 0 Å². The van der Waals surface area contributed by atoms with Gasteiger partial charge in [0.2, 0.25) is 0 Å². The lowest BCUT2D eigenvalue weighted by molar-refractivity contribution is 0.558. The Morgan fingerprint density at radius 1 is 1.05 bits per heavy atom. The van der Waals surface area contributed by atoms with Crippen LogP contribution in [0.1, 0.15) is 29.9 Å². The third kappa shape index (κ3) is 3.00. The molecule has 0 saturated carbocycles. The molecule has 1 aliphatic carbocycles. The van der Waals surface area contributed by atoms with Crippen molar-refractivity contribution < 1.29 is 12.8 Å². The van der Waals surface area contributed by atoms with E-state index < -0.39 is 15.7 Å². The van der Waals surface area contributed by atoms with Crippen LogP contribution in [0.2, 0.25) is 0 Å². The van der Waals surface area contributed by atoms with E-state index in [0.29, 0.717) is 0 Å². The first-order valence-electron chi connectivity index (χ1n) is 7.12. The average molecular weight is 304 g/mol. The minimum absolute atomic E-state index is 0.0324. The summed E-state index contributed by atoms with van der Waals surface area (Å²) in [5.41, 5.74) is 2.40. The SMILES string of the molecule is O=S(=O)(CC1CCCc2ccccc21)c1ccc(F)cc1. The highest BCUT2D eigenvalue weighted by Crippen LogP contribution is 2.33. The summed E-state index contributed by atoms with van der Waals surface area (Å²) >= 11 is 0. The number of hydrogen-bond acceptors (Lipinski definition) is 2. The van der Waals surface area contributed by atoms with E-state index in [9.17, 15) is 12.8 Å². The molecule has 0 aromatic heterocycles. The Kier molecular flexibility index (Phi) is 3.81. The van der Waals surface area contributed by atoms with Crippen LogP contribution >= 0.6 is 0 Å². The highest BCUT2D eigenvalue weighted by molar-refractivity contribution is 7.91. The quantitative estimate of drug-likeness (QED) is 0.810. The van der Waals surface area contributed by atoms with Crippen LogP contribution < -0.4 is 0 Å². The van der Waals surface area contributed by atoms with Gasteiger partial charge in [-0.3, -0.25) is 0 Å². The van der Waals surface area contributed by atoms with Gasteiger partial charge < -0.3 is 0 Å². The van der Waals surface area contributed by atoms with Gasteiger partial charge in [0.1, 0.15) is 5.82 Å². The van der Waals surface area contributed by atoms with Crippen LogP contribution in [0.5, 0.6) is 0 Å². The highest BCUT2D eigenvalue weighted by atomic mass is 32.2. The summed E-state index contributed by atoms with van der Waals surface area (Å²) in [6, 6.07) is 13.1. The maximum absolute atomic E-state index is 12.9. The minimum Gasteiger partial charge on any atom is -0.224 e. The minimum atomic E-state index is -3.39. The van der Waals surface area contributed by atoms with E-state index in [1.807, 2.05) is 18.2 Å². The van der Waals surface area contributed by atoms with Crippen molar-refractivity contribution in [3.63, 3.8) is 0 Å². The van der Waals surface area contributed by atoms with Crippen LogP contribution in [0.3, 0.4) is 0 Å². The Labute approximate surface area is 124 Å². The lowest BCUT2D eigenvalue weighted by atomic mass is 9.84. The molecule has 3 rings (SSSR count). The molecule has 2 aromatic rings. The normalized spacial score (nSPS) is 18.2. The van der Waals surface area contributed by atoms with Crippen molar-refractivity contribution in [1.29, 1.82) is 0 Å². The fourth-order valence-electron chi connectivity index (χ4n) is 3.03. The van der Waals surface area contributed by atoms with Gasteiger partial charge in [0.25, 0.3) is 0 Å². The molecule has 4 heteroatoms. The van der Waals surface area contributed by atoms with E-state index in [-0.39, 0.29) is 16.6 Å². The maximum atomic E-state index is 12.9. The Morgan fingerprint density at radius 2 is 1.76 bits per heavy atom. The topological polar surface area (TPSA) is 34.1 Å². The number of hydrogen-bond donors (Lipinski definition) is 0. The zero-order valence-electron chi connectivity index (χ0n) is 11.6. The van der Waals surface area contributed by atoms with E-state index in [2.05, 4.69) is 6.07 Å². The van der Waals surface area contributed by atoms with Crippen LogP contribution in [0.15, 0.2) is 53.4 Å². The van der Waals surface area contributed by atoms with Crippen molar-refractivity contribution in [2.24, 2.45) is 0 Å². The molecule has 2 nitrogen and oxygen atoms in total. The second-order valence-corrected chi connectivity index (χ2v) is 7.56. The summed E-state index contributed by atoms with van der Waals surface area (Å²) in [7, 11) is -3.39. The molecule has 0 saturated heterocycles. The fraction of sp³-hybridized carbons (Fsp3) is 0.294. The smallest absolute Gasteiger partial charge is 0.178 e. The number of benzene rings is 2. The summed E-state index contributed by atoms with van der Waals surface area (Å²) in [6.45, 7) is 0.